The highest BCUT2D eigenvalue weighted by Crippen LogP contribution is 2.31. The molecule has 1 aliphatic rings. The molecule has 0 spiro atoms. The minimum atomic E-state index is 0.0000548. The van der Waals surface area contributed by atoms with Crippen LogP contribution >= 0.6 is 0 Å². The predicted molar refractivity (Wildman–Crippen MR) is 78.3 cm³/mol. The lowest BCUT2D eigenvalue weighted by atomic mass is 10.0. The largest absolute Gasteiger partial charge is 0.390 e. The van der Waals surface area contributed by atoms with Gasteiger partial charge in [-0.05, 0) is 38.3 Å². The zero-order valence-electron chi connectivity index (χ0n) is 11.3. The third kappa shape index (κ3) is 2.30. The van der Waals surface area contributed by atoms with Gasteiger partial charge in [0.1, 0.15) is 0 Å². The van der Waals surface area contributed by atoms with Crippen molar-refractivity contribution in [2.45, 2.75) is 38.8 Å². The molecule has 3 heteroatoms. The van der Waals surface area contributed by atoms with Crippen molar-refractivity contribution in [2.24, 2.45) is 0 Å². The Hall–Kier alpha value is -1.61. The maximum absolute atomic E-state index is 9.40. The van der Waals surface area contributed by atoms with Gasteiger partial charge in [-0.2, -0.15) is 0 Å². The molecule has 0 aliphatic carbocycles. The molecule has 0 radical (unpaired) electrons. The minimum Gasteiger partial charge on any atom is -0.390 e. The molecule has 1 fully saturated rings. The molecule has 3 nitrogen and oxygen atoms in total. The van der Waals surface area contributed by atoms with Gasteiger partial charge in [0.2, 0.25) is 0 Å². The van der Waals surface area contributed by atoms with Crippen molar-refractivity contribution in [1.29, 1.82) is 0 Å². The Bertz CT molecular complexity index is 582. The molecule has 1 unspecified atom stereocenters. The van der Waals surface area contributed by atoms with Crippen LogP contribution in [0.25, 0.3) is 10.9 Å². The number of piperidine rings is 1. The van der Waals surface area contributed by atoms with Gasteiger partial charge in [-0.25, -0.2) is 0 Å². The Morgan fingerprint density at radius 3 is 2.95 bits per heavy atom. The normalized spacial score (nSPS) is 19.9. The van der Waals surface area contributed by atoms with Gasteiger partial charge in [-0.1, -0.05) is 18.2 Å². The van der Waals surface area contributed by atoms with Crippen LogP contribution in [-0.4, -0.2) is 22.7 Å². The summed E-state index contributed by atoms with van der Waals surface area (Å²) in [5.41, 5.74) is 2.95. The monoisotopic (exact) mass is 256 g/mol. The van der Waals surface area contributed by atoms with Gasteiger partial charge in [0.05, 0.1) is 17.8 Å². The maximum atomic E-state index is 9.40. The molecule has 2 heterocycles. The van der Waals surface area contributed by atoms with Gasteiger partial charge in [-0.3, -0.25) is 4.98 Å². The summed E-state index contributed by atoms with van der Waals surface area (Å²) in [5, 5.41) is 10.6. The quantitative estimate of drug-likeness (QED) is 0.897. The number of hydrogen-bond donors (Lipinski definition) is 1. The van der Waals surface area contributed by atoms with Crippen LogP contribution in [0, 0.1) is 0 Å². The first-order valence-corrected chi connectivity index (χ1v) is 7.06. The van der Waals surface area contributed by atoms with Gasteiger partial charge < -0.3 is 10.0 Å². The number of aromatic nitrogens is 1. The molecule has 0 amide bonds. The number of benzene rings is 1. The number of hydrogen-bond acceptors (Lipinski definition) is 3. The first-order chi connectivity index (χ1) is 9.29. The molecule has 1 saturated heterocycles. The standard InChI is InChI=1S/C16H20N2O/c1-12-6-4-5-9-18(12)16-10-13(11-19)17-15-8-3-2-7-14(15)16/h2-3,7-8,10,12,19H,4-6,9,11H2,1H3. The van der Waals surface area contributed by atoms with Crippen molar-refractivity contribution in [1.82, 2.24) is 4.98 Å². The second kappa shape index (κ2) is 5.17. The summed E-state index contributed by atoms with van der Waals surface area (Å²) in [6.45, 7) is 3.38. The number of para-hydroxylation sites is 1. The Kier molecular flexibility index (Phi) is 3.38. The highest BCUT2D eigenvalue weighted by molar-refractivity contribution is 5.92. The molecular weight excluding hydrogens is 236 g/mol. The predicted octanol–water partition coefficient (Wildman–Crippen LogP) is 3.11. The highest BCUT2D eigenvalue weighted by atomic mass is 16.3. The summed E-state index contributed by atoms with van der Waals surface area (Å²) >= 11 is 0. The van der Waals surface area contributed by atoms with Crippen LogP contribution in [0.4, 0.5) is 5.69 Å². The molecule has 1 N–H and O–H groups in total. The van der Waals surface area contributed by atoms with Gasteiger partial charge in [0.25, 0.3) is 0 Å². The van der Waals surface area contributed by atoms with Gasteiger partial charge in [0, 0.05) is 23.7 Å². The molecule has 1 aromatic carbocycles. The number of aliphatic hydroxyl groups is 1. The van der Waals surface area contributed by atoms with Crippen LogP contribution < -0.4 is 4.90 Å². The van der Waals surface area contributed by atoms with E-state index in [1.165, 1.54) is 30.3 Å². The molecule has 3 rings (SSSR count). The van der Waals surface area contributed by atoms with Crippen LogP contribution in [0.3, 0.4) is 0 Å². The van der Waals surface area contributed by atoms with Crippen molar-refractivity contribution in [3.63, 3.8) is 0 Å². The number of anilines is 1. The molecule has 100 valence electrons. The number of aliphatic hydroxyl groups excluding tert-OH is 1. The zero-order valence-corrected chi connectivity index (χ0v) is 11.3. The highest BCUT2D eigenvalue weighted by Gasteiger charge is 2.21. The Morgan fingerprint density at radius 2 is 2.16 bits per heavy atom. The van der Waals surface area contributed by atoms with E-state index in [9.17, 15) is 5.11 Å². The average molecular weight is 256 g/mol. The summed E-state index contributed by atoms with van der Waals surface area (Å²) in [4.78, 5) is 6.96. The van der Waals surface area contributed by atoms with Crippen LogP contribution in [-0.2, 0) is 6.61 Å². The van der Waals surface area contributed by atoms with E-state index in [-0.39, 0.29) is 6.61 Å². The fraction of sp³-hybridized carbons (Fsp3) is 0.438. The van der Waals surface area contributed by atoms with Crippen molar-refractivity contribution in [2.75, 3.05) is 11.4 Å². The summed E-state index contributed by atoms with van der Waals surface area (Å²) in [6, 6.07) is 10.8. The third-order valence-electron chi connectivity index (χ3n) is 4.02. The number of fused-ring (bicyclic) bond motifs is 1. The maximum Gasteiger partial charge on any atom is 0.0854 e. The second-order valence-corrected chi connectivity index (χ2v) is 5.35. The summed E-state index contributed by atoms with van der Waals surface area (Å²) in [7, 11) is 0. The van der Waals surface area contributed by atoms with Crippen LogP contribution in [0.15, 0.2) is 30.3 Å². The lowest BCUT2D eigenvalue weighted by Crippen LogP contribution is -2.37. The molecule has 1 aromatic heterocycles. The van der Waals surface area contributed by atoms with Gasteiger partial charge in [0.15, 0.2) is 0 Å². The number of pyridine rings is 1. The van der Waals surface area contributed by atoms with Crippen molar-refractivity contribution in [3.8, 4) is 0 Å². The third-order valence-corrected chi connectivity index (χ3v) is 4.02. The molecule has 1 atom stereocenters. The molecule has 0 saturated carbocycles. The van der Waals surface area contributed by atoms with E-state index >= 15 is 0 Å². The molecule has 0 bridgehead atoms. The summed E-state index contributed by atoms with van der Waals surface area (Å²) in [5.74, 6) is 0. The van der Waals surface area contributed by atoms with E-state index < -0.39 is 0 Å². The second-order valence-electron chi connectivity index (χ2n) is 5.35. The van der Waals surface area contributed by atoms with Crippen molar-refractivity contribution >= 4 is 16.6 Å². The van der Waals surface area contributed by atoms with Crippen molar-refractivity contribution in [3.05, 3.63) is 36.0 Å². The topological polar surface area (TPSA) is 36.4 Å². The van der Waals surface area contributed by atoms with Gasteiger partial charge >= 0.3 is 0 Å². The first-order valence-electron chi connectivity index (χ1n) is 7.06. The molecule has 2 aromatic rings. The van der Waals surface area contributed by atoms with E-state index in [1.807, 2.05) is 18.2 Å². The Morgan fingerprint density at radius 1 is 1.32 bits per heavy atom. The van der Waals surface area contributed by atoms with Crippen LogP contribution in [0.2, 0.25) is 0 Å². The van der Waals surface area contributed by atoms with E-state index in [0.717, 1.165) is 17.8 Å². The Labute approximate surface area is 113 Å². The van der Waals surface area contributed by atoms with Gasteiger partial charge in [-0.15, -0.1) is 0 Å². The number of rotatable bonds is 2. The zero-order chi connectivity index (χ0) is 13.2. The fourth-order valence-electron chi connectivity index (χ4n) is 2.98. The Balaban J connectivity index is 2.14. The van der Waals surface area contributed by atoms with E-state index in [4.69, 9.17) is 0 Å². The smallest absolute Gasteiger partial charge is 0.0854 e. The number of nitrogens with zero attached hydrogens (tertiary/aromatic N) is 2. The fourth-order valence-corrected chi connectivity index (χ4v) is 2.98. The summed E-state index contributed by atoms with van der Waals surface area (Å²) in [6.07, 6.45) is 3.80. The molecule has 1 aliphatic heterocycles. The molecular formula is C16H20N2O. The average Bonchev–Trinajstić information content (AvgIpc) is 2.46. The van der Waals surface area contributed by atoms with E-state index in [1.54, 1.807) is 0 Å². The first kappa shape index (κ1) is 12.4. The minimum absolute atomic E-state index is 0.0000548. The lowest BCUT2D eigenvalue weighted by Gasteiger charge is -2.36. The van der Waals surface area contributed by atoms with Crippen molar-refractivity contribution < 1.29 is 5.11 Å². The van der Waals surface area contributed by atoms with Crippen LogP contribution in [0.1, 0.15) is 31.9 Å². The molecule has 19 heavy (non-hydrogen) atoms. The SMILES string of the molecule is CC1CCCCN1c1cc(CO)nc2ccccc12. The van der Waals surface area contributed by atoms with E-state index in [2.05, 4.69) is 28.9 Å². The van der Waals surface area contributed by atoms with Crippen LogP contribution in [0.5, 0.6) is 0 Å². The van der Waals surface area contributed by atoms with E-state index in [0.29, 0.717) is 6.04 Å². The summed E-state index contributed by atoms with van der Waals surface area (Å²) < 4.78 is 0. The lowest BCUT2D eigenvalue weighted by molar-refractivity contribution is 0.277.